The molecule has 1 aliphatic carbocycles. The third-order valence-corrected chi connectivity index (χ3v) is 8.17. The Bertz CT molecular complexity index is 1040. The molecular weight excluding hydrogens is 458 g/mol. The molecule has 0 aromatic heterocycles. The summed E-state index contributed by atoms with van der Waals surface area (Å²) < 4.78 is 6.01. The van der Waals surface area contributed by atoms with Crippen molar-refractivity contribution in [3.8, 4) is 0 Å². The van der Waals surface area contributed by atoms with E-state index >= 15 is 0 Å². The van der Waals surface area contributed by atoms with Crippen molar-refractivity contribution in [1.82, 2.24) is 5.32 Å². The summed E-state index contributed by atoms with van der Waals surface area (Å²) in [6.07, 6.45) is 4.91. The molecule has 1 saturated heterocycles. The van der Waals surface area contributed by atoms with E-state index in [9.17, 15) is 24.9 Å². The molecule has 2 heterocycles. The lowest BCUT2D eigenvalue weighted by Gasteiger charge is -2.49. The Morgan fingerprint density at radius 3 is 2.53 bits per heavy atom. The predicted octanol–water partition coefficient (Wildman–Crippen LogP) is 2.46. The summed E-state index contributed by atoms with van der Waals surface area (Å²) in [4.78, 5) is 26.8. The molecule has 7 heteroatoms. The first-order valence-corrected chi connectivity index (χ1v) is 12.8. The molecule has 36 heavy (non-hydrogen) atoms. The van der Waals surface area contributed by atoms with Gasteiger partial charge in [-0.3, -0.25) is 4.79 Å². The van der Waals surface area contributed by atoms with Crippen molar-refractivity contribution < 1.29 is 29.6 Å². The molecule has 4 N–H and O–H groups in total. The quantitative estimate of drug-likeness (QED) is 0.370. The van der Waals surface area contributed by atoms with Gasteiger partial charge >= 0.3 is 5.97 Å². The molecule has 0 bridgehead atoms. The molecule has 1 saturated carbocycles. The van der Waals surface area contributed by atoms with Crippen molar-refractivity contribution in [3.05, 3.63) is 72.4 Å². The number of hydrogen-bond acceptors (Lipinski definition) is 6. The van der Waals surface area contributed by atoms with Gasteiger partial charge in [0.25, 0.3) is 5.91 Å². The molecular formula is C29H37NO6. The molecule has 4 rings (SSSR count). The van der Waals surface area contributed by atoms with Crippen LogP contribution < -0.4 is 5.32 Å². The van der Waals surface area contributed by atoms with Gasteiger partial charge in [-0.25, -0.2) is 4.79 Å². The number of amides is 1. The first-order chi connectivity index (χ1) is 17.1. The number of carbonyl (C=O) groups excluding carboxylic acids is 2. The van der Waals surface area contributed by atoms with Crippen LogP contribution in [0.2, 0.25) is 0 Å². The second kappa shape index (κ2) is 10.7. The number of nitrogens with one attached hydrogen (secondary N) is 1. The SMILES string of the molecule is C=C1[C@@H](C)[C@H]2[C@H](Cc3ccccc3)NC(=O)[C@]23OC(=O)C=C[C@H](O)[C@H](O)CC[C@@H](C)CC=C[C@H]3[C@@H]1O. The number of aliphatic hydroxyl groups is 3. The molecule has 0 radical (unpaired) electrons. The lowest BCUT2D eigenvalue weighted by molar-refractivity contribution is -0.182. The monoisotopic (exact) mass is 495 g/mol. The normalized spacial score (nSPS) is 39.5. The molecule has 0 unspecified atom stereocenters. The van der Waals surface area contributed by atoms with Gasteiger partial charge in [0, 0.05) is 18.0 Å². The molecule has 9 atom stereocenters. The van der Waals surface area contributed by atoms with E-state index in [0.717, 1.165) is 11.6 Å². The highest BCUT2D eigenvalue weighted by Gasteiger charge is 2.67. The number of allylic oxidation sites excluding steroid dienone is 1. The second-order valence-electron chi connectivity index (χ2n) is 10.6. The second-order valence-corrected chi connectivity index (χ2v) is 10.6. The molecule has 3 aliphatic rings. The third-order valence-electron chi connectivity index (χ3n) is 8.17. The number of ether oxygens (including phenoxy) is 1. The van der Waals surface area contributed by atoms with E-state index in [-0.39, 0.29) is 17.9 Å². The fourth-order valence-electron chi connectivity index (χ4n) is 6.06. The summed E-state index contributed by atoms with van der Waals surface area (Å²) in [7, 11) is 0. The molecule has 2 aliphatic heterocycles. The van der Waals surface area contributed by atoms with Gasteiger partial charge in [0.1, 0.15) is 0 Å². The minimum absolute atomic E-state index is 0.204. The molecule has 2 fully saturated rings. The minimum Gasteiger partial charge on any atom is -0.445 e. The lowest BCUT2D eigenvalue weighted by atomic mass is 9.59. The predicted molar refractivity (Wildman–Crippen MR) is 135 cm³/mol. The standard InChI is InChI=1S/C29H37NO6/c1-17-8-7-11-21-27(34)19(3)18(2)26-22(16-20-9-5-4-6-10-20)30-28(35)29(21,26)36-25(33)15-14-24(32)23(31)13-12-17/h4-7,9-11,14-15,17-18,21-24,26-27,31-32,34H,3,8,12-13,16H2,1-2H3,(H,30,35)/t17-,18+,21-,22-,23+,24-,26-,27+,29+/m0/s1. The zero-order chi connectivity index (χ0) is 26.0. The van der Waals surface area contributed by atoms with Crippen molar-refractivity contribution in [2.45, 2.75) is 69.5 Å². The Kier molecular flexibility index (Phi) is 7.83. The van der Waals surface area contributed by atoms with Crippen molar-refractivity contribution >= 4 is 11.9 Å². The summed E-state index contributed by atoms with van der Waals surface area (Å²) >= 11 is 0. The van der Waals surface area contributed by atoms with Gasteiger partial charge in [-0.1, -0.05) is 62.9 Å². The molecule has 1 spiro atoms. The van der Waals surface area contributed by atoms with Gasteiger partial charge in [-0.05, 0) is 54.7 Å². The largest absolute Gasteiger partial charge is 0.445 e. The third kappa shape index (κ3) is 4.92. The van der Waals surface area contributed by atoms with Crippen LogP contribution in [0, 0.1) is 23.7 Å². The number of benzene rings is 1. The first kappa shape index (κ1) is 26.3. The Balaban J connectivity index is 1.78. The fraction of sp³-hybridized carbons (Fsp3) is 0.517. The Morgan fingerprint density at radius 1 is 1.08 bits per heavy atom. The van der Waals surface area contributed by atoms with Crippen LogP contribution in [-0.2, 0) is 20.7 Å². The van der Waals surface area contributed by atoms with Crippen LogP contribution in [0.3, 0.4) is 0 Å². The Morgan fingerprint density at radius 2 is 1.81 bits per heavy atom. The van der Waals surface area contributed by atoms with Crippen molar-refractivity contribution in [1.29, 1.82) is 0 Å². The van der Waals surface area contributed by atoms with Crippen LogP contribution in [-0.4, -0.2) is 57.2 Å². The van der Waals surface area contributed by atoms with E-state index in [4.69, 9.17) is 4.74 Å². The van der Waals surface area contributed by atoms with E-state index in [1.54, 1.807) is 6.08 Å². The average molecular weight is 496 g/mol. The van der Waals surface area contributed by atoms with E-state index < -0.39 is 47.6 Å². The van der Waals surface area contributed by atoms with E-state index in [1.807, 2.05) is 50.3 Å². The van der Waals surface area contributed by atoms with Crippen LogP contribution in [0.5, 0.6) is 0 Å². The maximum atomic E-state index is 13.8. The number of carbonyl (C=O) groups is 2. The van der Waals surface area contributed by atoms with Crippen LogP contribution in [0.25, 0.3) is 0 Å². The van der Waals surface area contributed by atoms with Crippen LogP contribution in [0.4, 0.5) is 0 Å². The molecule has 1 amide bonds. The molecule has 7 nitrogen and oxygen atoms in total. The minimum atomic E-state index is -1.64. The number of aliphatic hydroxyl groups excluding tert-OH is 3. The van der Waals surface area contributed by atoms with Gasteiger partial charge in [0.2, 0.25) is 5.60 Å². The highest BCUT2D eigenvalue weighted by Crippen LogP contribution is 2.52. The van der Waals surface area contributed by atoms with E-state index in [2.05, 4.69) is 11.9 Å². The summed E-state index contributed by atoms with van der Waals surface area (Å²) in [5.74, 6) is -2.62. The van der Waals surface area contributed by atoms with Gasteiger partial charge < -0.3 is 25.4 Å². The summed E-state index contributed by atoms with van der Waals surface area (Å²) in [6.45, 7) is 8.11. The summed E-state index contributed by atoms with van der Waals surface area (Å²) in [5.41, 5.74) is 0.00183. The Hall–Kier alpha value is -2.74. The van der Waals surface area contributed by atoms with Crippen molar-refractivity contribution in [2.75, 3.05) is 0 Å². The Labute approximate surface area is 212 Å². The highest BCUT2D eigenvalue weighted by molar-refractivity contribution is 5.94. The smallest absolute Gasteiger partial charge is 0.331 e. The summed E-state index contributed by atoms with van der Waals surface area (Å²) in [5, 5.41) is 34.9. The molecule has 1 aromatic carbocycles. The van der Waals surface area contributed by atoms with Gasteiger partial charge in [0.15, 0.2) is 0 Å². The number of esters is 1. The van der Waals surface area contributed by atoms with Crippen molar-refractivity contribution in [3.63, 3.8) is 0 Å². The lowest BCUT2D eigenvalue weighted by Crippen LogP contribution is -2.61. The zero-order valence-corrected chi connectivity index (χ0v) is 20.9. The average Bonchev–Trinajstić information content (AvgIpc) is 3.12. The van der Waals surface area contributed by atoms with Gasteiger partial charge in [0.05, 0.1) is 24.2 Å². The molecule has 194 valence electrons. The van der Waals surface area contributed by atoms with Crippen LogP contribution >= 0.6 is 0 Å². The van der Waals surface area contributed by atoms with Gasteiger partial charge in [-0.2, -0.15) is 0 Å². The number of hydrogen-bond donors (Lipinski definition) is 4. The maximum absolute atomic E-state index is 13.8. The number of rotatable bonds is 2. The van der Waals surface area contributed by atoms with Crippen LogP contribution in [0.1, 0.15) is 38.7 Å². The first-order valence-electron chi connectivity index (χ1n) is 12.8. The van der Waals surface area contributed by atoms with Crippen LogP contribution in [0.15, 0.2) is 66.8 Å². The maximum Gasteiger partial charge on any atom is 0.331 e. The van der Waals surface area contributed by atoms with E-state index in [1.165, 1.54) is 6.08 Å². The molecule has 1 aromatic rings. The zero-order valence-electron chi connectivity index (χ0n) is 20.9. The van der Waals surface area contributed by atoms with Gasteiger partial charge in [-0.15, -0.1) is 0 Å². The highest BCUT2D eigenvalue weighted by atomic mass is 16.6. The topological polar surface area (TPSA) is 116 Å². The van der Waals surface area contributed by atoms with Crippen molar-refractivity contribution in [2.24, 2.45) is 23.7 Å². The fourth-order valence-corrected chi connectivity index (χ4v) is 6.06. The summed E-state index contributed by atoms with van der Waals surface area (Å²) in [6, 6.07) is 9.45. The van der Waals surface area contributed by atoms with E-state index in [0.29, 0.717) is 31.3 Å².